The zero-order valence-corrected chi connectivity index (χ0v) is 11.4. The van der Waals surface area contributed by atoms with Gasteiger partial charge in [0, 0.05) is 19.6 Å². The molecule has 5 nitrogen and oxygen atoms in total. The van der Waals surface area contributed by atoms with Crippen molar-refractivity contribution in [2.24, 2.45) is 0 Å². The van der Waals surface area contributed by atoms with Gasteiger partial charge >= 0.3 is 5.97 Å². The number of nitrogens with zero attached hydrogens (tertiary/aromatic N) is 2. The Hall–Kier alpha value is -0.650. The van der Waals surface area contributed by atoms with E-state index in [1.807, 2.05) is 0 Å². The second-order valence-electron chi connectivity index (χ2n) is 5.28. The van der Waals surface area contributed by atoms with Crippen molar-refractivity contribution in [3.05, 3.63) is 0 Å². The highest BCUT2D eigenvalue weighted by Crippen LogP contribution is 2.19. The lowest BCUT2D eigenvalue weighted by atomic mass is 10.0. The molecule has 0 aromatic heterocycles. The van der Waals surface area contributed by atoms with Gasteiger partial charge in [-0.3, -0.25) is 9.69 Å². The maximum absolute atomic E-state index is 11.8. The Morgan fingerprint density at radius 1 is 1.39 bits per heavy atom. The van der Waals surface area contributed by atoms with Crippen molar-refractivity contribution in [1.82, 2.24) is 9.80 Å². The summed E-state index contributed by atoms with van der Waals surface area (Å²) in [7, 11) is 3.59. The van der Waals surface area contributed by atoms with Crippen LogP contribution in [0, 0.1) is 0 Å². The van der Waals surface area contributed by atoms with E-state index in [0.29, 0.717) is 0 Å². The Balaban J connectivity index is 1.90. The molecular weight excluding hydrogens is 232 g/mol. The fourth-order valence-corrected chi connectivity index (χ4v) is 2.85. The van der Waals surface area contributed by atoms with E-state index in [2.05, 4.69) is 16.8 Å². The lowest BCUT2D eigenvalue weighted by Crippen LogP contribution is -2.52. The molecule has 0 spiro atoms. The summed E-state index contributed by atoms with van der Waals surface area (Å²) >= 11 is 0. The van der Waals surface area contributed by atoms with E-state index in [4.69, 9.17) is 9.47 Å². The lowest BCUT2D eigenvalue weighted by molar-refractivity contribution is -0.149. The highest BCUT2D eigenvalue weighted by molar-refractivity contribution is 5.75. The number of carbonyl (C=O) groups is 1. The fraction of sp³-hybridized carbons (Fsp3) is 0.923. The van der Waals surface area contributed by atoms with Crippen LogP contribution >= 0.6 is 0 Å². The number of methoxy groups -OCH3 is 1. The van der Waals surface area contributed by atoms with Crippen molar-refractivity contribution >= 4 is 5.97 Å². The molecule has 0 bridgehead atoms. The summed E-state index contributed by atoms with van der Waals surface area (Å²) in [5.74, 6) is -0.0983. The predicted molar refractivity (Wildman–Crippen MR) is 68.5 cm³/mol. The summed E-state index contributed by atoms with van der Waals surface area (Å²) in [6.45, 7) is 4.55. The van der Waals surface area contributed by atoms with Crippen LogP contribution < -0.4 is 0 Å². The van der Waals surface area contributed by atoms with Gasteiger partial charge in [-0.05, 0) is 26.4 Å². The number of ether oxygens (including phenoxy) is 2. The molecule has 0 N–H and O–H groups in total. The summed E-state index contributed by atoms with van der Waals surface area (Å²) in [5.41, 5.74) is 0. The number of piperidine rings is 1. The summed E-state index contributed by atoms with van der Waals surface area (Å²) in [6, 6.07) is -0.0698. The zero-order chi connectivity index (χ0) is 13.0. The van der Waals surface area contributed by atoms with Crippen LogP contribution in [0.1, 0.15) is 19.3 Å². The quantitative estimate of drug-likeness (QED) is 0.681. The summed E-state index contributed by atoms with van der Waals surface area (Å²) < 4.78 is 10.7. The molecule has 2 atom stereocenters. The molecule has 5 heteroatoms. The Bertz CT molecular complexity index is 285. The number of esters is 1. The zero-order valence-electron chi connectivity index (χ0n) is 11.4. The van der Waals surface area contributed by atoms with E-state index in [1.165, 1.54) is 7.11 Å². The first-order valence-electron chi connectivity index (χ1n) is 6.82. The van der Waals surface area contributed by atoms with Gasteiger partial charge in [0.2, 0.25) is 0 Å². The minimum absolute atomic E-state index is 0.0698. The average Bonchev–Trinajstić information content (AvgIpc) is 2.38. The highest BCUT2D eigenvalue weighted by Gasteiger charge is 2.32. The van der Waals surface area contributed by atoms with Crippen molar-refractivity contribution < 1.29 is 14.3 Å². The molecule has 1 unspecified atom stereocenters. The smallest absolute Gasteiger partial charge is 0.323 e. The van der Waals surface area contributed by atoms with E-state index in [9.17, 15) is 4.79 Å². The van der Waals surface area contributed by atoms with Crippen molar-refractivity contribution in [2.45, 2.75) is 31.4 Å². The molecular formula is C13H24N2O3. The number of hydrogen-bond donors (Lipinski definition) is 0. The monoisotopic (exact) mass is 256 g/mol. The SMILES string of the molecule is COC(=O)[C@H]1CCCCN1CC1CN(C)CCO1. The maximum Gasteiger partial charge on any atom is 0.323 e. The predicted octanol–water partition coefficient (Wildman–Crippen LogP) is 0.345. The third-order valence-corrected chi connectivity index (χ3v) is 3.87. The number of rotatable bonds is 3. The van der Waals surface area contributed by atoms with Crippen molar-refractivity contribution in [3.63, 3.8) is 0 Å². The van der Waals surface area contributed by atoms with Gasteiger partial charge in [0.15, 0.2) is 0 Å². The van der Waals surface area contributed by atoms with Gasteiger partial charge in [0.25, 0.3) is 0 Å². The van der Waals surface area contributed by atoms with Crippen molar-refractivity contribution in [2.75, 3.05) is 46.9 Å². The van der Waals surface area contributed by atoms with Gasteiger partial charge in [-0.2, -0.15) is 0 Å². The van der Waals surface area contributed by atoms with Gasteiger partial charge in [0.1, 0.15) is 6.04 Å². The third kappa shape index (κ3) is 3.43. The van der Waals surface area contributed by atoms with E-state index in [1.54, 1.807) is 0 Å². The standard InChI is InChI=1S/C13H24N2O3/c1-14-7-8-18-11(9-14)10-15-6-4-3-5-12(15)13(16)17-2/h11-12H,3-10H2,1-2H3/t11?,12-/m1/s1. The minimum Gasteiger partial charge on any atom is -0.468 e. The Morgan fingerprint density at radius 2 is 2.22 bits per heavy atom. The first-order chi connectivity index (χ1) is 8.70. The molecule has 0 aromatic carbocycles. The van der Waals surface area contributed by atoms with Crippen LogP contribution in [0.15, 0.2) is 0 Å². The highest BCUT2D eigenvalue weighted by atomic mass is 16.5. The minimum atomic E-state index is -0.0983. The van der Waals surface area contributed by atoms with Crippen LogP contribution in [-0.4, -0.2) is 74.9 Å². The molecule has 2 aliphatic rings. The largest absolute Gasteiger partial charge is 0.468 e. The molecule has 0 aromatic rings. The molecule has 2 heterocycles. The van der Waals surface area contributed by atoms with Crippen LogP contribution in [0.2, 0.25) is 0 Å². The molecule has 2 rings (SSSR count). The van der Waals surface area contributed by atoms with Gasteiger partial charge in [-0.15, -0.1) is 0 Å². The van der Waals surface area contributed by atoms with E-state index in [-0.39, 0.29) is 18.1 Å². The summed E-state index contributed by atoms with van der Waals surface area (Å²) in [4.78, 5) is 16.3. The summed E-state index contributed by atoms with van der Waals surface area (Å²) in [5, 5.41) is 0. The molecule has 2 fully saturated rings. The van der Waals surface area contributed by atoms with Gasteiger partial charge in [-0.25, -0.2) is 0 Å². The summed E-state index contributed by atoms with van der Waals surface area (Å²) in [6.07, 6.45) is 3.40. The topological polar surface area (TPSA) is 42.0 Å². The van der Waals surface area contributed by atoms with Crippen LogP contribution in [0.25, 0.3) is 0 Å². The first kappa shape index (κ1) is 13.8. The lowest BCUT2D eigenvalue weighted by Gasteiger charge is -2.38. The van der Waals surface area contributed by atoms with Crippen molar-refractivity contribution in [1.29, 1.82) is 0 Å². The second-order valence-corrected chi connectivity index (χ2v) is 5.28. The number of morpholine rings is 1. The van der Waals surface area contributed by atoms with E-state index >= 15 is 0 Å². The van der Waals surface area contributed by atoms with Gasteiger partial charge < -0.3 is 14.4 Å². The Labute approximate surface area is 109 Å². The fourth-order valence-electron chi connectivity index (χ4n) is 2.85. The second kappa shape index (κ2) is 6.50. The molecule has 0 saturated carbocycles. The third-order valence-electron chi connectivity index (χ3n) is 3.87. The number of carbonyl (C=O) groups excluding carboxylic acids is 1. The Kier molecular flexibility index (Phi) is 4.97. The molecule has 2 saturated heterocycles. The van der Waals surface area contributed by atoms with Crippen LogP contribution in [0.4, 0.5) is 0 Å². The molecule has 0 amide bonds. The first-order valence-corrected chi connectivity index (χ1v) is 6.82. The molecule has 18 heavy (non-hydrogen) atoms. The number of likely N-dealkylation sites (N-methyl/N-ethyl adjacent to an activating group) is 1. The average molecular weight is 256 g/mol. The van der Waals surface area contributed by atoms with Crippen LogP contribution in [0.5, 0.6) is 0 Å². The number of likely N-dealkylation sites (tertiary alicyclic amines) is 1. The van der Waals surface area contributed by atoms with E-state index < -0.39 is 0 Å². The molecule has 2 aliphatic heterocycles. The number of hydrogen-bond acceptors (Lipinski definition) is 5. The van der Waals surface area contributed by atoms with Gasteiger partial charge in [-0.1, -0.05) is 6.42 Å². The van der Waals surface area contributed by atoms with Crippen LogP contribution in [0.3, 0.4) is 0 Å². The van der Waals surface area contributed by atoms with Crippen molar-refractivity contribution in [3.8, 4) is 0 Å². The van der Waals surface area contributed by atoms with E-state index in [0.717, 1.165) is 52.0 Å². The molecule has 104 valence electrons. The molecule has 0 radical (unpaired) electrons. The van der Waals surface area contributed by atoms with Gasteiger partial charge in [0.05, 0.1) is 19.8 Å². The van der Waals surface area contributed by atoms with Crippen LogP contribution in [-0.2, 0) is 14.3 Å². The normalized spacial score (nSPS) is 31.2. The molecule has 0 aliphatic carbocycles. The Morgan fingerprint density at radius 3 is 2.94 bits per heavy atom. The maximum atomic E-state index is 11.8.